The molecule has 1 fully saturated rings. The SMILES string of the molecule is CC(C)N1CCC(NCCCCC#N)C1. The van der Waals surface area contributed by atoms with Crippen molar-refractivity contribution in [3.05, 3.63) is 0 Å². The van der Waals surface area contributed by atoms with Crippen LogP contribution in [0.4, 0.5) is 0 Å². The number of hydrogen-bond donors (Lipinski definition) is 1. The second kappa shape index (κ2) is 6.81. The maximum atomic E-state index is 8.40. The molecule has 1 aliphatic heterocycles. The lowest BCUT2D eigenvalue weighted by Crippen LogP contribution is -2.35. The third kappa shape index (κ3) is 4.63. The lowest BCUT2D eigenvalue weighted by Gasteiger charge is -2.20. The summed E-state index contributed by atoms with van der Waals surface area (Å²) in [5.74, 6) is 0. The fourth-order valence-electron chi connectivity index (χ4n) is 2.06. The minimum absolute atomic E-state index is 0.675. The molecule has 1 aliphatic rings. The topological polar surface area (TPSA) is 39.1 Å². The van der Waals surface area contributed by atoms with E-state index in [0.29, 0.717) is 18.5 Å². The first-order chi connectivity index (χ1) is 7.24. The van der Waals surface area contributed by atoms with Crippen molar-refractivity contribution in [2.45, 2.75) is 51.6 Å². The van der Waals surface area contributed by atoms with Crippen LogP contribution in [-0.2, 0) is 0 Å². The molecular formula is C12H23N3. The average Bonchev–Trinajstić information content (AvgIpc) is 2.66. The second-order valence-corrected chi connectivity index (χ2v) is 4.64. The van der Waals surface area contributed by atoms with Gasteiger partial charge in [-0.25, -0.2) is 0 Å². The molecule has 0 saturated carbocycles. The lowest BCUT2D eigenvalue weighted by molar-refractivity contribution is 0.268. The van der Waals surface area contributed by atoms with Gasteiger partial charge in [0.2, 0.25) is 0 Å². The van der Waals surface area contributed by atoms with E-state index in [-0.39, 0.29) is 0 Å². The van der Waals surface area contributed by atoms with Crippen LogP contribution in [0.15, 0.2) is 0 Å². The highest BCUT2D eigenvalue weighted by Gasteiger charge is 2.22. The smallest absolute Gasteiger partial charge is 0.0621 e. The van der Waals surface area contributed by atoms with Crippen LogP contribution in [0.1, 0.15) is 39.5 Å². The Morgan fingerprint density at radius 3 is 2.87 bits per heavy atom. The molecule has 1 saturated heterocycles. The molecule has 3 heteroatoms. The minimum Gasteiger partial charge on any atom is -0.313 e. The highest BCUT2D eigenvalue weighted by Crippen LogP contribution is 2.12. The largest absolute Gasteiger partial charge is 0.313 e. The van der Waals surface area contributed by atoms with E-state index in [2.05, 4.69) is 30.1 Å². The van der Waals surface area contributed by atoms with Crippen molar-refractivity contribution in [2.75, 3.05) is 19.6 Å². The maximum Gasteiger partial charge on any atom is 0.0621 e. The Morgan fingerprint density at radius 2 is 2.27 bits per heavy atom. The summed E-state index contributed by atoms with van der Waals surface area (Å²) in [4.78, 5) is 2.52. The first-order valence-corrected chi connectivity index (χ1v) is 6.08. The first kappa shape index (κ1) is 12.5. The van der Waals surface area contributed by atoms with E-state index < -0.39 is 0 Å². The molecule has 1 atom stereocenters. The van der Waals surface area contributed by atoms with Crippen molar-refractivity contribution >= 4 is 0 Å². The van der Waals surface area contributed by atoms with Gasteiger partial charge in [-0.15, -0.1) is 0 Å². The van der Waals surface area contributed by atoms with Crippen molar-refractivity contribution in [1.29, 1.82) is 5.26 Å². The molecule has 0 amide bonds. The number of nitrogens with zero attached hydrogens (tertiary/aromatic N) is 2. The predicted octanol–water partition coefficient (Wildman–Crippen LogP) is 1.75. The molecule has 0 spiro atoms. The fraction of sp³-hybridized carbons (Fsp3) is 0.917. The van der Waals surface area contributed by atoms with Gasteiger partial charge >= 0.3 is 0 Å². The molecule has 0 aromatic carbocycles. The Hall–Kier alpha value is -0.590. The van der Waals surface area contributed by atoms with Crippen LogP contribution in [0.2, 0.25) is 0 Å². The standard InChI is InChI=1S/C12H23N3/c1-11(2)15-9-6-12(10-15)14-8-5-3-4-7-13/h11-12,14H,3-6,8-10H2,1-2H3. The Bertz CT molecular complexity index is 207. The van der Waals surface area contributed by atoms with Crippen LogP contribution >= 0.6 is 0 Å². The van der Waals surface area contributed by atoms with Crippen LogP contribution in [0.5, 0.6) is 0 Å². The predicted molar refractivity (Wildman–Crippen MR) is 62.6 cm³/mol. The zero-order chi connectivity index (χ0) is 11.1. The van der Waals surface area contributed by atoms with E-state index in [0.717, 1.165) is 19.4 Å². The van der Waals surface area contributed by atoms with Crippen LogP contribution in [0, 0.1) is 11.3 Å². The van der Waals surface area contributed by atoms with Gasteiger partial charge in [0, 0.05) is 25.0 Å². The zero-order valence-corrected chi connectivity index (χ0v) is 10.00. The van der Waals surface area contributed by atoms with Gasteiger partial charge in [0.1, 0.15) is 0 Å². The summed E-state index contributed by atoms with van der Waals surface area (Å²) < 4.78 is 0. The van der Waals surface area contributed by atoms with E-state index in [1.807, 2.05) is 0 Å². The molecule has 0 bridgehead atoms. The molecule has 15 heavy (non-hydrogen) atoms. The zero-order valence-electron chi connectivity index (χ0n) is 10.00. The molecular weight excluding hydrogens is 186 g/mol. The summed E-state index contributed by atoms with van der Waals surface area (Å²) in [6.07, 6.45) is 4.14. The molecule has 0 aromatic rings. The quantitative estimate of drug-likeness (QED) is 0.677. The fourth-order valence-corrected chi connectivity index (χ4v) is 2.06. The number of nitrogens with one attached hydrogen (secondary N) is 1. The molecule has 1 rings (SSSR count). The first-order valence-electron chi connectivity index (χ1n) is 6.08. The van der Waals surface area contributed by atoms with Crippen LogP contribution in [0.3, 0.4) is 0 Å². The summed E-state index contributed by atoms with van der Waals surface area (Å²) in [5, 5.41) is 12.0. The summed E-state index contributed by atoms with van der Waals surface area (Å²) in [7, 11) is 0. The van der Waals surface area contributed by atoms with Crippen LogP contribution < -0.4 is 5.32 Å². The van der Waals surface area contributed by atoms with Gasteiger partial charge in [-0.1, -0.05) is 0 Å². The van der Waals surface area contributed by atoms with Crippen LogP contribution in [-0.4, -0.2) is 36.6 Å². The number of nitriles is 1. The second-order valence-electron chi connectivity index (χ2n) is 4.64. The molecule has 0 aromatic heterocycles. The van der Waals surface area contributed by atoms with E-state index in [4.69, 9.17) is 5.26 Å². The van der Waals surface area contributed by atoms with Crippen molar-refractivity contribution in [1.82, 2.24) is 10.2 Å². The molecule has 86 valence electrons. The van der Waals surface area contributed by atoms with E-state index in [1.54, 1.807) is 0 Å². The molecule has 1 unspecified atom stereocenters. The van der Waals surface area contributed by atoms with Gasteiger partial charge < -0.3 is 5.32 Å². The Morgan fingerprint density at radius 1 is 1.47 bits per heavy atom. The Labute approximate surface area is 93.5 Å². The lowest BCUT2D eigenvalue weighted by atomic mass is 10.2. The third-order valence-electron chi connectivity index (χ3n) is 3.10. The van der Waals surface area contributed by atoms with Crippen molar-refractivity contribution in [3.8, 4) is 6.07 Å². The van der Waals surface area contributed by atoms with Gasteiger partial charge in [-0.3, -0.25) is 4.90 Å². The van der Waals surface area contributed by atoms with Crippen molar-refractivity contribution < 1.29 is 0 Å². The Balaban J connectivity index is 2.02. The van der Waals surface area contributed by atoms with Gasteiger partial charge in [-0.2, -0.15) is 5.26 Å². The molecule has 1 heterocycles. The van der Waals surface area contributed by atoms with Gasteiger partial charge in [0.05, 0.1) is 6.07 Å². The minimum atomic E-state index is 0.675. The van der Waals surface area contributed by atoms with Crippen LogP contribution in [0.25, 0.3) is 0 Å². The van der Waals surface area contributed by atoms with E-state index in [1.165, 1.54) is 19.5 Å². The number of hydrogen-bond acceptors (Lipinski definition) is 3. The molecule has 0 aliphatic carbocycles. The van der Waals surface area contributed by atoms with E-state index in [9.17, 15) is 0 Å². The number of rotatable bonds is 6. The van der Waals surface area contributed by atoms with E-state index >= 15 is 0 Å². The number of unbranched alkanes of at least 4 members (excludes halogenated alkanes) is 2. The molecule has 0 radical (unpaired) electrons. The van der Waals surface area contributed by atoms with Gasteiger partial charge in [-0.05, 0) is 46.2 Å². The summed E-state index contributed by atoms with van der Waals surface area (Å²) in [6.45, 7) is 8.01. The summed E-state index contributed by atoms with van der Waals surface area (Å²) in [6, 6.07) is 3.53. The maximum absolute atomic E-state index is 8.40. The molecule has 1 N–H and O–H groups in total. The van der Waals surface area contributed by atoms with Gasteiger partial charge in [0.25, 0.3) is 0 Å². The molecule has 3 nitrogen and oxygen atoms in total. The van der Waals surface area contributed by atoms with Gasteiger partial charge in [0.15, 0.2) is 0 Å². The summed E-state index contributed by atoms with van der Waals surface area (Å²) >= 11 is 0. The Kier molecular flexibility index (Phi) is 5.67. The highest BCUT2D eigenvalue weighted by atomic mass is 15.2. The number of likely N-dealkylation sites (tertiary alicyclic amines) is 1. The normalized spacial score (nSPS) is 22.1. The highest BCUT2D eigenvalue weighted by molar-refractivity contribution is 4.82. The summed E-state index contributed by atoms with van der Waals surface area (Å²) in [5.41, 5.74) is 0. The average molecular weight is 209 g/mol. The third-order valence-corrected chi connectivity index (χ3v) is 3.10. The van der Waals surface area contributed by atoms with Crippen molar-refractivity contribution in [3.63, 3.8) is 0 Å². The van der Waals surface area contributed by atoms with Crippen molar-refractivity contribution in [2.24, 2.45) is 0 Å². The monoisotopic (exact) mass is 209 g/mol.